The first kappa shape index (κ1) is 29.5. The number of fused-ring (bicyclic) bond motifs is 6. The SMILES string of the molecule is C1=NC(n2c3ccccc3c3cc(-c4ccc(N(c5ccccc5)c5ccccc5)cc4)ccc32)NC=C1c1cccc2c1sc1ccccc12. The Balaban J connectivity index is 0.992. The van der Waals surface area contributed by atoms with Gasteiger partial charge in [-0.15, -0.1) is 11.3 Å². The summed E-state index contributed by atoms with van der Waals surface area (Å²) >= 11 is 1.85. The third kappa shape index (κ3) is 5.01. The minimum Gasteiger partial charge on any atom is -0.352 e. The molecule has 1 aliphatic heterocycles. The molecule has 0 fully saturated rings. The number of aliphatic imine (C=N–C) groups is 1. The second kappa shape index (κ2) is 12.2. The molecule has 0 saturated heterocycles. The van der Waals surface area contributed by atoms with Crippen molar-refractivity contribution in [3.8, 4) is 11.1 Å². The lowest BCUT2D eigenvalue weighted by Crippen LogP contribution is -2.23. The molecule has 51 heavy (non-hydrogen) atoms. The molecule has 4 nitrogen and oxygen atoms in total. The number of benzene rings is 7. The number of nitrogens with one attached hydrogen (secondary N) is 1. The fraction of sp³-hybridized carbons (Fsp3) is 0.0217. The van der Waals surface area contributed by atoms with Crippen molar-refractivity contribution in [2.75, 3.05) is 4.90 Å². The molecule has 0 bridgehead atoms. The van der Waals surface area contributed by atoms with Gasteiger partial charge < -0.3 is 14.8 Å². The molecule has 0 radical (unpaired) electrons. The van der Waals surface area contributed by atoms with Crippen LogP contribution in [-0.4, -0.2) is 10.8 Å². The van der Waals surface area contributed by atoms with E-state index in [0.29, 0.717) is 0 Å². The van der Waals surface area contributed by atoms with Gasteiger partial charge in [-0.05, 0) is 71.8 Å². The Morgan fingerprint density at radius 2 is 1.16 bits per heavy atom. The average molecular weight is 673 g/mol. The molecule has 10 rings (SSSR count). The van der Waals surface area contributed by atoms with Crippen LogP contribution in [0.4, 0.5) is 17.1 Å². The molecule has 0 aliphatic carbocycles. The highest BCUT2D eigenvalue weighted by atomic mass is 32.1. The van der Waals surface area contributed by atoms with E-state index in [1.165, 1.54) is 47.6 Å². The van der Waals surface area contributed by atoms with Gasteiger partial charge in [0.25, 0.3) is 0 Å². The summed E-state index contributed by atoms with van der Waals surface area (Å²) in [6.45, 7) is 0. The van der Waals surface area contributed by atoms with Gasteiger partial charge in [-0.1, -0.05) is 109 Å². The van der Waals surface area contributed by atoms with Crippen molar-refractivity contribution < 1.29 is 0 Å². The summed E-state index contributed by atoms with van der Waals surface area (Å²) < 4.78 is 4.92. The van der Waals surface area contributed by atoms with Crippen molar-refractivity contribution in [3.63, 3.8) is 0 Å². The summed E-state index contributed by atoms with van der Waals surface area (Å²) in [5.41, 5.74) is 10.3. The molecule has 242 valence electrons. The van der Waals surface area contributed by atoms with Crippen LogP contribution in [0.1, 0.15) is 11.9 Å². The summed E-state index contributed by atoms with van der Waals surface area (Å²) in [4.78, 5) is 7.40. The zero-order chi connectivity index (χ0) is 33.7. The molecule has 7 aromatic carbocycles. The van der Waals surface area contributed by atoms with E-state index in [1.807, 2.05) is 17.6 Å². The molecule has 1 unspecified atom stereocenters. The van der Waals surface area contributed by atoms with E-state index in [9.17, 15) is 0 Å². The Morgan fingerprint density at radius 1 is 0.529 bits per heavy atom. The second-order valence-corrected chi connectivity index (χ2v) is 13.9. The van der Waals surface area contributed by atoms with Crippen LogP contribution in [0, 0.1) is 0 Å². The molecule has 5 heteroatoms. The normalized spacial score (nSPS) is 14.3. The zero-order valence-corrected chi connectivity index (χ0v) is 28.5. The van der Waals surface area contributed by atoms with Crippen LogP contribution in [0.5, 0.6) is 0 Å². The van der Waals surface area contributed by atoms with E-state index < -0.39 is 0 Å². The Hall–Kier alpha value is -6.43. The third-order valence-electron chi connectivity index (χ3n) is 9.90. The molecule has 0 spiro atoms. The zero-order valence-electron chi connectivity index (χ0n) is 27.6. The van der Waals surface area contributed by atoms with Crippen molar-refractivity contribution >= 4 is 82.2 Å². The quantitative estimate of drug-likeness (QED) is 0.191. The van der Waals surface area contributed by atoms with Crippen molar-refractivity contribution in [1.82, 2.24) is 9.88 Å². The number of para-hydroxylation sites is 3. The third-order valence-corrected chi connectivity index (χ3v) is 11.1. The van der Waals surface area contributed by atoms with Crippen LogP contribution < -0.4 is 10.2 Å². The number of hydrogen-bond donors (Lipinski definition) is 1. The lowest BCUT2D eigenvalue weighted by atomic mass is 10.0. The Kier molecular flexibility index (Phi) is 7.03. The summed E-state index contributed by atoms with van der Waals surface area (Å²) in [7, 11) is 0. The van der Waals surface area contributed by atoms with E-state index in [2.05, 4.69) is 191 Å². The average Bonchev–Trinajstić information content (AvgIpc) is 3.75. The molecule has 0 saturated carbocycles. The van der Waals surface area contributed by atoms with Gasteiger partial charge in [-0.3, -0.25) is 0 Å². The minimum absolute atomic E-state index is 0.259. The minimum atomic E-state index is -0.259. The molecule has 1 aliphatic rings. The molecule has 0 amide bonds. The van der Waals surface area contributed by atoms with E-state index in [-0.39, 0.29) is 6.29 Å². The fourth-order valence-electron chi connectivity index (χ4n) is 7.51. The van der Waals surface area contributed by atoms with E-state index in [0.717, 1.165) is 33.7 Å². The highest BCUT2D eigenvalue weighted by Gasteiger charge is 2.21. The van der Waals surface area contributed by atoms with Gasteiger partial charge in [0.15, 0.2) is 6.29 Å². The van der Waals surface area contributed by atoms with Crippen LogP contribution >= 0.6 is 11.3 Å². The number of rotatable bonds is 6. The van der Waals surface area contributed by atoms with E-state index in [4.69, 9.17) is 4.99 Å². The number of nitrogens with zero attached hydrogens (tertiary/aromatic N) is 3. The summed E-state index contributed by atoms with van der Waals surface area (Å²) in [5.74, 6) is 0. The predicted molar refractivity (Wildman–Crippen MR) is 218 cm³/mol. The number of aromatic nitrogens is 1. The maximum atomic E-state index is 5.11. The first-order valence-electron chi connectivity index (χ1n) is 17.2. The van der Waals surface area contributed by atoms with Crippen molar-refractivity contribution in [2.45, 2.75) is 6.29 Å². The lowest BCUT2D eigenvalue weighted by molar-refractivity contribution is 0.502. The topological polar surface area (TPSA) is 32.6 Å². The van der Waals surface area contributed by atoms with E-state index in [1.54, 1.807) is 0 Å². The van der Waals surface area contributed by atoms with Crippen molar-refractivity contribution in [1.29, 1.82) is 0 Å². The maximum absolute atomic E-state index is 5.11. The highest BCUT2D eigenvalue weighted by Crippen LogP contribution is 2.40. The maximum Gasteiger partial charge on any atom is 0.200 e. The summed E-state index contributed by atoms with van der Waals surface area (Å²) in [6, 6.07) is 60.6. The summed E-state index contributed by atoms with van der Waals surface area (Å²) in [5, 5.41) is 8.67. The van der Waals surface area contributed by atoms with Crippen LogP contribution in [0.25, 0.3) is 58.7 Å². The van der Waals surface area contributed by atoms with Crippen LogP contribution in [0.3, 0.4) is 0 Å². The lowest BCUT2D eigenvalue weighted by Gasteiger charge is -2.25. The molecule has 2 aromatic heterocycles. The molecule has 3 heterocycles. The van der Waals surface area contributed by atoms with Crippen molar-refractivity contribution in [2.24, 2.45) is 4.99 Å². The van der Waals surface area contributed by atoms with Gasteiger partial charge in [-0.25, -0.2) is 4.99 Å². The van der Waals surface area contributed by atoms with Crippen LogP contribution in [0.15, 0.2) is 181 Å². The van der Waals surface area contributed by atoms with Gasteiger partial charge in [0, 0.05) is 71.6 Å². The summed E-state index contributed by atoms with van der Waals surface area (Å²) in [6.07, 6.45) is 3.90. The molecule has 9 aromatic rings. The highest BCUT2D eigenvalue weighted by molar-refractivity contribution is 7.26. The Bertz CT molecular complexity index is 2740. The van der Waals surface area contributed by atoms with Crippen LogP contribution in [-0.2, 0) is 0 Å². The largest absolute Gasteiger partial charge is 0.352 e. The number of thiophene rings is 1. The van der Waals surface area contributed by atoms with Crippen molar-refractivity contribution in [3.05, 3.63) is 182 Å². The Labute approximate surface area is 299 Å². The predicted octanol–water partition coefficient (Wildman–Crippen LogP) is 12.5. The number of anilines is 3. The standard InChI is InChI=1S/C46H32N4S/c1-3-12-34(13-4-1)49(35-14-5-2-6-15-35)36-25-22-31(23-26-36)32-24-27-43-41(28-32)38-16-7-9-20-42(38)50(43)46-47-29-33(30-48-46)37-18-11-19-40-39-17-8-10-21-44(39)51-45(37)40/h1-30,46-47H. The van der Waals surface area contributed by atoms with Crippen LogP contribution in [0.2, 0.25) is 0 Å². The van der Waals surface area contributed by atoms with Gasteiger partial charge in [0.1, 0.15) is 0 Å². The molecule has 1 N–H and O–H groups in total. The molecule has 1 atom stereocenters. The molecular formula is C46H32N4S. The molecular weight excluding hydrogens is 641 g/mol. The first-order valence-corrected chi connectivity index (χ1v) is 18.1. The van der Waals surface area contributed by atoms with Gasteiger partial charge in [0.2, 0.25) is 0 Å². The van der Waals surface area contributed by atoms with Gasteiger partial charge in [-0.2, -0.15) is 0 Å². The number of hydrogen-bond acceptors (Lipinski definition) is 4. The van der Waals surface area contributed by atoms with Gasteiger partial charge in [0.05, 0.1) is 11.0 Å². The smallest absolute Gasteiger partial charge is 0.200 e. The van der Waals surface area contributed by atoms with E-state index >= 15 is 0 Å². The monoisotopic (exact) mass is 672 g/mol. The number of allylic oxidation sites excluding steroid dienone is 1. The Morgan fingerprint density at radius 3 is 1.90 bits per heavy atom. The fourth-order valence-corrected chi connectivity index (χ4v) is 8.75. The first-order chi connectivity index (χ1) is 25.3. The second-order valence-electron chi connectivity index (χ2n) is 12.9. The van der Waals surface area contributed by atoms with Gasteiger partial charge >= 0.3 is 0 Å².